The summed E-state index contributed by atoms with van der Waals surface area (Å²) in [6.45, 7) is 8.46. The molecular formula is C11H21F. The van der Waals surface area contributed by atoms with Crippen LogP contribution in [0.5, 0.6) is 0 Å². The SMILES string of the molecule is CCC1CC(C)(C)CC1(F)CC. The molecule has 0 nitrogen and oxygen atoms in total. The fourth-order valence-corrected chi connectivity index (χ4v) is 2.79. The first-order valence-corrected chi connectivity index (χ1v) is 5.12. The molecule has 1 aliphatic carbocycles. The normalized spacial score (nSPS) is 40.2. The van der Waals surface area contributed by atoms with Crippen LogP contribution in [0, 0.1) is 11.3 Å². The maximum atomic E-state index is 14.2. The minimum atomic E-state index is -0.863. The van der Waals surface area contributed by atoms with E-state index in [9.17, 15) is 4.39 Å². The van der Waals surface area contributed by atoms with Gasteiger partial charge in [-0.25, -0.2) is 4.39 Å². The van der Waals surface area contributed by atoms with E-state index in [0.29, 0.717) is 12.3 Å². The van der Waals surface area contributed by atoms with E-state index in [1.165, 1.54) is 0 Å². The van der Waals surface area contributed by atoms with E-state index < -0.39 is 5.67 Å². The maximum Gasteiger partial charge on any atom is 0.114 e. The molecule has 1 aliphatic rings. The zero-order chi connectivity index (χ0) is 9.41. The van der Waals surface area contributed by atoms with Crippen molar-refractivity contribution in [3.8, 4) is 0 Å². The fourth-order valence-electron chi connectivity index (χ4n) is 2.79. The lowest BCUT2D eigenvalue weighted by Gasteiger charge is -2.25. The monoisotopic (exact) mass is 172 g/mol. The van der Waals surface area contributed by atoms with Gasteiger partial charge in [0.2, 0.25) is 0 Å². The van der Waals surface area contributed by atoms with Crippen molar-refractivity contribution < 1.29 is 4.39 Å². The van der Waals surface area contributed by atoms with Gasteiger partial charge in [-0.05, 0) is 30.6 Å². The highest BCUT2D eigenvalue weighted by Crippen LogP contribution is 2.52. The third kappa shape index (κ3) is 1.65. The molecule has 2 atom stereocenters. The molecule has 0 radical (unpaired) electrons. The molecule has 72 valence electrons. The molecule has 1 heteroatoms. The molecule has 12 heavy (non-hydrogen) atoms. The standard InChI is InChI=1S/C11H21F/c1-5-9-7-10(3,4)8-11(9,12)6-2/h9H,5-8H2,1-4H3. The molecular weight excluding hydrogens is 151 g/mol. The third-order valence-corrected chi connectivity index (χ3v) is 3.38. The smallest absolute Gasteiger partial charge is 0.114 e. The Labute approximate surface area is 75.5 Å². The summed E-state index contributed by atoms with van der Waals surface area (Å²) in [5.74, 6) is 0.303. The van der Waals surface area contributed by atoms with Crippen molar-refractivity contribution >= 4 is 0 Å². The topological polar surface area (TPSA) is 0 Å². The molecule has 1 fully saturated rings. The predicted molar refractivity (Wildman–Crippen MR) is 50.9 cm³/mol. The molecule has 0 amide bonds. The van der Waals surface area contributed by atoms with Crippen LogP contribution in [0.3, 0.4) is 0 Å². The molecule has 0 N–H and O–H groups in total. The van der Waals surface area contributed by atoms with E-state index in [-0.39, 0.29) is 5.41 Å². The van der Waals surface area contributed by atoms with Crippen molar-refractivity contribution in [2.75, 3.05) is 0 Å². The van der Waals surface area contributed by atoms with Gasteiger partial charge in [0.25, 0.3) is 0 Å². The molecule has 0 aromatic heterocycles. The van der Waals surface area contributed by atoms with Crippen LogP contribution in [0.2, 0.25) is 0 Å². The Morgan fingerprint density at radius 2 is 1.92 bits per heavy atom. The zero-order valence-corrected chi connectivity index (χ0v) is 8.78. The van der Waals surface area contributed by atoms with E-state index >= 15 is 0 Å². The number of rotatable bonds is 2. The van der Waals surface area contributed by atoms with Crippen LogP contribution in [0.15, 0.2) is 0 Å². The van der Waals surface area contributed by atoms with E-state index in [1.54, 1.807) is 0 Å². The fraction of sp³-hybridized carbons (Fsp3) is 1.00. The summed E-state index contributed by atoms with van der Waals surface area (Å²) in [7, 11) is 0. The highest BCUT2D eigenvalue weighted by Gasteiger charge is 2.48. The molecule has 1 saturated carbocycles. The van der Waals surface area contributed by atoms with Gasteiger partial charge in [-0.15, -0.1) is 0 Å². The van der Waals surface area contributed by atoms with Gasteiger partial charge < -0.3 is 0 Å². The Bertz CT molecular complexity index is 162. The Balaban J connectivity index is 2.76. The molecule has 0 saturated heterocycles. The van der Waals surface area contributed by atoms with Gasteiger partial charge in [-0.3, -0.25) is 0 Å². The number of hydrogen-bond acceptors (Lipinski definition) is 0. The highest BCUT2D eigenvalue weighted by atomic mass is 19.1. The van der Waals surface area contributed by atoms with Crippen LogP contribution < -0.4 is 0 Å². The van der Waals surface area contributed by atoms with Gasteiger partial charge in [0.05, 0.1) is 0 Å². The average molecular weight is 172 g/mol. The van der Waals surface area contributed by atoms with Crippen molar-refractivity contribution in [2.45, 2.75) is 59.0 Å². The van der Waals surface area contributed by atoms with Gasteiger partial charge in [-0.1, -0.05) is 34.1 Å². The first-order chi connectivity index (χ1) is 5.43. The Morgan fingerprint density at radius 3 is 2.25 bits per heavy atom. The summed E-state index contributed by atoms with van der Waals surface area (Å²) in [5, 5.41) is 0. The summed E-state index contributed by atoms with van der Waals surface area (Å²) < 4.78 is 14.2. The molecule has 1 rings (SSSR count). The number of alkyl halides is 1. The lowest BCUT2D eigenvalue weighted by molar-refractivity contribution is 0.0966. The maximum absolute atomic E-state index is 14.2. The second-order valence-corrected chi connectivity index (χ2v) is 5.04. The summed E-state index contributed by atoms with van der Waals surface area (Å²) in [6, 6.07) is 0. The first kappa shape index (κ1) is 10.0. The van der Waals surface area contributed by atoms with Gasteiger partial charge >= 0.3 is 0 Å². The Kier molecular flexibility index (Phi) is 2.51. The second kappa shape index (κ2) is 3.01. The molecule has 0 aromatic rings. The van der Waals surface area contributed by atoms with Gasteiger partial charge in [0, 0.05) is 0 Å². The van der Waals surface area contributed by atoms with Crippen molar-refractivity contribution in [3.63, 3.8) is 0 Å². The van der Waals surface area contributed by atoms with Crippen LogP contribution >= 0.6 is 0 Å². The lowest BCUT2D eigenvalue weighted by Crippen LogP contribution is -2.26. The van der Waals surface area contributed by atoms with E-state index in [0.717, 1.165) is 19.3 Å². The highest BCUT2D eigenvalue weighted by molar-refractivity contribution is 4.99. The van der Waals surface area contributed by atoms with Gasteiger partial charge in [0.1, 0.15) is 5.67 Å². The Morgan fingerprint density at radius 1 is 1.33 bits per heavy atom. The van der Waals surface area contributed by atoms with Gasteiger partial charge in [0.15, 0.2) is 0 Å². The number of hydrogen-bond donors (Lipinski definition) is 0. The van der Waals surface area contributed by atoms with E-state index in [2.05, 4.69) is 20.8 Å². The van der Waals surface area contributed by atoms with Crippen LogP contribution in [0.25, 0.3) is 0 Å². The van der Waals surface area contributed by atoms with E-state index in [4.69, 9.17) is 0 Å². The van der Waals surface area contributed by atoms with Crippen molar-refractivity contribution in [3.05, 3.63) is 0 Å². The zero-order valence-electron chi connectivity index (χ0n) is 8.78. The molecule has 0 heterocycles. The predicted octanol–water partition coefficient (Wildman–Crippen LogP) is 3.95. The van der Waals surface area contributed by atoms with Crippen LogP contribution in [-0.2, 0) is 0 Å². The van der Waals surface area contributed by atoms with Crippen molar-refractivity contribution in [2.24, 2.45) is 11.3 Å². The third-order valence-electron chi connectivity index (χ3n) is 3.38. The molecule has 2 unspecified atom stereocenters. The Hall–Kier alpha value is -0.0700. The molecule has 0 aliphatic heterocycles. The molecule has 0 spiro atoms. The summed E-state index contributed by atoms with van der Waals surface area (Å²) in [6.07, 6.45) is 3.51. The second-order valence-electron chi connectivity index (χ2n) is 5.04. The molecule has 0 bridgehead atoms. The quantitative estimate of drug-likeness (QED) is 0.591. The largest absolute Gasteiger partial charge is 0.244 e. The van der Waals surface area contributed by atoms with E-state index in [1.807, 2.05) is 6.92 Å². The van der Waals surface area contributed by atoms with Crippen LogP contribution in [0.4, 0.5) is 4.39 Å². The summed E-state index contributed by atoms with van der Waals surface area (Å²) in [4.78, 5) is 0. The molecule has 0 aromatic carbocycles. The van der Waals surface area contributed by atoms with Crippen molar-refractivity contribution in [1.29, 1.82) is 0 Å². The summed E-state index contributed by atoms with van der Waals surface area (Å²) >= 11 is 0. The number of halogens is 1. The average Bonchev–Trinajstić information content (AvgIpc) is 2.22. The van der Waals surface area contributed by atoms with Crippen LogP contribution in [0.1, 0.15) is 53.4 Å². The van der Waals surface area contributed by atoms with Crippen molar-refractivity contribution in [1.82, 2.24) is 0 Å². The summed E-state index contributed by atoms with van der Waals surface area (Å²) in [5.41, 5.74) is -0.635. The van der Waals surface area contributed by atoms with Crippen LogP contribution in [-0.4, -0.2) is 5.67 Å². The minimum absolute atomic E-state index is 0.228. The minimum Gasteiger partial charge on any atom is -0.244 e. The van der Waals surface area contributed by atoms with Gasteiger partial charge in [-0.2, -0.15) is 0 Å². The lowest BCUT2D eigenvalue weighted by atomic mass is 9.88. The first-order valence-electron chi connectivity index (χ1n) is 5.12.